The van der Waals surface area contributed by atoms with E-state index in [0.717, 1.165) is 33.7 Å². The van der Waals surface area contributed by atoms with E-state index in [1.807, 2.05) is 42.5 Å². The molecule has 136 valence electrons. The Morgan fingerprint density at radius 2 is 1.89 bits per heavy atom. The highest BCUT2D eigenvalue weighted by Crippen LogP contribution is 2.48. The molecule has 3 aromatic carbocycles. The predicted octanol–water partition coefficient (Wildman–Crippen LogP) is 5.33. The summed E-state index contributed by atoms with van der Waals surface area (Å²) >= 11 is 6.00. The van der Waals surface area contributed by atoms with Crippen LogP contribution in [0.15, 0.2) is 48.5 Å². The first-order valence-electron chi connectivity index (χ1n) is 9.01. The predicted molar refractivity (Wildman–Crippen MR) is 104 cm³/mol. The molecular formula is C22H18ClNO3. The molecule has 2 heterocycles. The van der Waals surface area contributed by atoms with Gasteiger partial charge in [-0.05, 0) is 43.7 Å². The third-order valence-corrected chi connectivity index (χ3v) is 5.76. The van der Waals surface area contributed by atoms with E-state index in [4.69, 9.17) is 21.1 Å². The lowest BCUT2D eigenvalue weighted by atomic mass is 9.95. The minimum absolute atomic E-state index is 0.0988. The maximum absolute atomic E-state index is 12.2. The van der Waals surface area contributed by atoms with Crippen LogP contribution < -0.4 is 9.47 Å². The first-order chi connectivity index (χ1) is 13.0. The monoisotopic (exact) mass is 379 g/mol. The summed E-state index contributed by atoms with van der Waals surface area (Å²) < 4.78 is 11.8. The summed E-state index contributed by atoms with van der Waals surface area (Å²) in [4.78, 5) is 14.4. The lowest BCUT2D eigenvalue weighted by Gasteiger charge is -2.40. The van der Waals surface area contributed by atoms with E-state index in [0.29, 0.717) is 11.3 Å². The van der Waals surface area contributed by atoms with Crippen molar-refractivity contribution < 1.29 is 14.3 Å². The van der Waals surface area contributed by atoms with Crippen LogP contribution in [0.4, 0.5) is 0 Å². The summed E-state index contributed by atoms with van der Waals surface area (Å²) in [7, 11) is 0. The molecule has 2 atom stereocenters. The second kappa shape index (κ2) is 5.98. The fourth-order valence-electron chi connectivity index (χ4n) is 4.09. The standard InChI is InChI=1S/C22H18ClNO3/c1-12-18-10-19-20-16(4-3-5-17(20)22(25)27-19)21(18)26-13(2)24(12)11-14-6-8-15(23)9-7-14/h3-10,12-13H,11H2,1-2H3/t12-,13+/m0/s1. The molecule has 0 saturated heterocycles. The largest absolute Gasteiger partial charge is 0.474 e. The van der Waals surface area contributed by atoms with Gasteiger partial charge in [-0.1, -0.05) is 35.9 Å². The average Bonchev–Trinajstić information content (AvgIpc) is 2.98. The number of nitrogens with zero attached hydrogens (tertiary/aromatic N) is 1. The van der Waals surface area contributed by atoms with Crippen LogP contribution in [0.1, 0.15) is 41.4 Å². The second-order valence-electron chi connectivity index (χ2n) is 7.10. The first kappa shape index (κ1) is 16.6. The number of esters is 1. The fraction of sp³-hybridized carbons (Fsp3) is 0.227. The number of rotatable bonds is 2. The smallest absolute Gasteiger partial charge is 0.344 e. The second-order valence-corrected chi connectivity index (χ2v) is 7.54. The Kier molecular flexibility index (Phi) is 3.67. The Morgan fingerprint density at radius 3 is 2.67 bits per heavy atom. The number of carbonyl (C=O) groups excluding carboxylic acids is 1. The first-order valence-corrected chi connectivity index (χ1v) is 9.39. The van der Waals surface area contributed by atoms with Crippen LogP contribution in [0.5, 0.6) is 11.5 Å². The Bertz CT molecular complexity index is 1080. The quantitative estimate of drug-likeness (QED) is 0.445. The van der Waals surface area contributed by atoms with Gasteiger partial charge in [0.1, 0.15) is 11.5 Å². The molecule has 5 rings (SSSR count). The minimum atomic E-state index is -0.295. The number of ether oxygens (including phenoxy) is 2. The Morgan fingerprint density at radius 1 is 1.11 bits per heavy atom. The zero-order valence-corrected chi connectivity index (χ0v) is 15.8. The summed E-state index contributed by atoms with van der Waals surface area (Å²) in [5.74, 6) is 1.18. The van der Waals surface area contributed by atoms with Crippen LogP contribution in [-0.2, 0) is 6.54 Å². The Balaban J connectivity index is 1.59. The van der Waals surface area contributed by atoms with Crippen molar-refractivity contribution in [1.82, 2.24) is 4.90 Å². The number of hydrogen-bond donors (Lipinski definition) is 0. The number of benzene rings is 3. The number of carbonyl (C=O) groups is 1. The van der Waals surface area contributed by atoms with Crippen LogP contribution in [-0.4, -0.2) is 17.1 Å². The molecule has 27 heavy (non-hydrogen) atoms. The van der Waals surface area contributed by atoms with Crippen molar-refractivity contribution in [3.63, 3.8) is 0 Å². The average molecular weight is 380 g/mol. The van der Waals surface area contributed by atoms with Crippen LogP contribution >= 0.6 is 11.6 Å². The van der Waals surface area contributed by atoms with Gasteiger partial charge in [0.15, 0.2) is 6.23 Å². The number of halogens is 1. The van der Waals surface area contributed by atoms with Crippen molar-refractivity contribution in [3.05, 3.63) is 70.2 Å². The summed E-state index contributed by atoms with van der Waals surface area (Å²) in [6.45, 7) is 4.96. The molecular weight excluding hydrogens is 362 g/mol. The van der Waals surface area contributed by atoms with Gasteiger partial charge in [0.25, 0.3) is 0 Å². The van der Waals surface area contributed by atoms with Crippen molar-refractivity contribution in [2.75, 3.05) is 0 Å². The fourth-order valence-corrected chi connectivity index (χ4v) is 4.21. The molecule has 0 amide bonds. The Labute approximate surface area is 162 Å². The number of hydrogen-bond acceptors (Lipinski definition) is 4. The van der Waals surface area contributed by atoms with Crippen LogP contribution in [0.25, 0.3) is 10.8 Å². The van der Waals surface area contributed by atoms with E-state index >= 15 is 0 Å². The third kappa shape index (κ3) is 2.52. The highest BCUT2D eigenvalue weighted by Gasteiger charge is 2.35. The SMILES string of the molecule is C[C@H]1Oc2c(cc3c4c(cccc24)C(=O)O3)[C@H](C)N1Cc1ccc(Cl)cc1. The van der Waals surface area contributed by atoms with Crippen molar-refractivity contribution in [2.24, 2.45) is 0 Å². The molecule has 0 saturated carbocycles. The molecule has 0 spiro atoms. The molecule has 5 heteroatoms. The molecule has 2 aliphatic heterocycles. The topological polar surface area (TPSA) is 38.8 Å². The summed E-state index contributed by atoms with van der Waals surface area (Å²) in [5, 5.41) is 2.52. The minimum Gasteiger partial charge on any atom is -0.474 e. The van der Waals surface area contributed by atoms with Gasteiger partial charge in [0.2, 0.25) is 0 Å². The van der Waals surface area contributed by atoms with E-state index in [-0.39, 0.29) is 18.2 Å². The molecule has 0 unspecified atom stereocenters. The highest BCUT2D eigenvalue weighted by molar-refractivity contribution is 6.30. The van der Waals surface area contributed by atoms with Gasteiger partial charge in [-0.25, -0.2) is 4.79 Å². The molecule has 0 bridgehead atoms. The molecule has 3 aromatic rings. The van der Waals surface area contributed by atoms with Gasteiger partial charge < -0.3 is 9.47 Å². The van der Waals surface area contributed by atoms with Crippen molar-refractivity contribution >= 4 is 28.3 Å². The van der Waals surface area contributed by atoms with Gasteiger partial charge in [0, 0.05) is 33.9 Å². The lowest BCUT2D eigenvalue weighted by Crippen LogP contribution is -2.42. The molecule has 0 fully saturated rings. The van der Waals surface area contributed by atoms with Crippen molar-refractivity contribution in [1.29, 1.82) is 0 Å². The van der Waals surface area contributed by atoms with Gasteiger partial charge >= 0.3 is 5.97 Å². The van der Waals surface area contributed by atoms with Gasteiger partial charge in [0.05, 0.1) is 5.56 Å². The normalized spacial score (nSPS) is 21.1. The van der Waals surface area contributed by atoms with Crippen LogP contribution in [0.2, 0.25) is 5.02 Å². The van der Waals surface area contributed by atoms with Gasteiger partial charge in [-0.3, -0.25) is 4.90 Å². The highest BCUT2D eigenvalue weighted by atomic mass is 35.5. The molecule has 0 aromatic heterocycles. The van der Waals surface area contributed by atoms with Crippen molar-refractivity contribution in [3.8, 4) is 11.5 Å². The molecule has 2 aliphatic rings. The van der Waals surface area contributed by atoms with Crippen LogP contribution in [0.3, 0.4) is 0 Å². The maximum Gasteiger partial charge on any atom is 0.344 e. The summed E-state index contributed by atoms with van der Waals surface area (Å²) in [5.41, 5.74) is 2.82. The lowest BCUT2D eigenvalue weighted by molar-refractivity contribution is -0.0158. The van der Waals surface area contributed by atoms with E-state index in [9.17, 15) is 4.79 Å². The maximum atomic E-state index is 12.2. The molecule has 0 N–H and O–H groups in total. The zero-order valence-electron chi connectivity index (χ0n) is 15.0. The Hall–Kier alpha value is -2.56. The van der Waals surface area contributed by atoms with Crippen LogP contribution in [0, 0.1) is 0 Å². The van der Waals surface area contributed by atoms with E-state index < -0.39 is 0 Å². The van der Waals surface area contributed by atoms with E-state index in [2.05, 4.69) is 18.7 Å². The molecule has 0 radical (unpaired) electrons. The summed E-state index contributed by atoms with van der Waals surface area (Å²) in [6.07, 6.45) is -0.0988. The third-order valence-electron chi connectivity index (χ3n) is 5.51. The zero-order chi connectivity index (χ0) is 18.7. The van der Waals surface area contributed by atoms with E-state index in [1.165, 1.54) is 5.56 Å². The molecule has 0 aliphatic carbocycles. The van der Waals surface area contributed by atoms with Gasteiger partial charge in [-0.15, -0.1) is 0 Å². The summed E-state index contributed by atoms with van der Waals surface area (Å²) in [6, 6.07) is 15.6. The van der Waals surface area contributed by atoms with Gasteiger partial charge in [-0.2, -0.15) is 0 Å². The number of fused-ring (bicyclic) bond motifs is 2. The van der Waals surface area contributed by atoms with E-state index in [1.54, 1.807) is 6.07 Å². The van der Waals surface area contributed by atoms with Crippen molar-refractivity contribution in [2.45, 2.75) is 32.7 Å². The molecule has 4 nitrogen and oxygen atoms in total.